The molecule has 16 heavy (non-hydrogen) atoms. The molecule has 0 saturated carbocycles. The van der Waals surface area contributed by atoms with Gasteiger partial charge in [-0.1, -0.05) is 11.8 Å². The number of hydrogen-bond donors (Lipinski definition) is 0. The molecule has 2 fully saturated rings. The lowest BCUT2D eigenvalue weighted by Crippen LogP contribution is -2.56. The Hall–Kier alpha value is -0.0600. The fraction of sp³-hybridized carbons (Fsp3) is 0.917. The van der Waals surface area contributed by atoms with Crippen molar-refractivity contribution >= 4 is 16.9 Å². The minimum absolute atomic E-state index is 0.0852. The Morgan fingerprint density at radius 1 is 1.25 bits per heavy atom. The van der Waals surface area contributed by atoms with Gasteiger partial charge in [0.25, 0.3) is 0 Å². The van der Waals surface area contributed by atoms with Gasteiger partial charge in [0.05, 0.1) is 11.4 Å². The third kappa shape index (κ3) is 2.15. The Labute approximate surface area is 103 Å². The summed E-state index contributed by atoms with van der Waals surface area (Å²) in [6.45, 7) is 9.47. The van der Waals surface area contributed by atoms with E-state index < -0.39 is 0 Å². The van der Waals surface area contributed by atoms with E-state index in [-0.39, 0.29) is 10.4 Å². The van der Waals surface area contributed by atoms with E-state index in [9.17, 15) is 4.79 Å². The fourth-order valence-electron chi connectivity index (χ4n) is 2.76. The van der Waals surface area contributed by atoms with Crippen LogP contribution in [0.2, 0.25) is 0 Å². The summed E-state index contributed by atoms with van der Waals surface area (Å²) in [4.78, 5) is 16.6. The quantitative estimate of drug-likeness (QED) is 0.646. The van der Waals surface area contributed by atoms with Crippen molar-refractivity contribution in [3.8, 4) is 0 Å². The monoisotopic (exact) mass is 242 g/mol. The highest BCUT2D eigenvalue weighted by Gasteiger charge is 2.51. The topological polar surface area (TPSA) is 23.6 Å². The first-order valence-corrected chi connectivity index (χ1v) is 6.83. The van der Waals surface area contributed by atoms with Crippen LogP contribution >= 0.6 is 11.8 Å². The van der Waals surface area contributed by atoms with Crippen molar-refractivity contribution in [2.75, 3.05) is 26.7 Å². The summed E-state index contributed by atoms with van der Waals surface area (Å²) in [6.07, 6.45) is 2.22. The van der Waals surface area contributed by atoms with Crippen LogP contribution in [0.3, 0.4) is 0 Å². The van der Waals surface area contributed by atoms with E-state index >= 15 is 0 Å². The molecule has 4 heteroatoms. The molecule has 0 bridgehead atoms. The minimum atomic E-state index is 0.0852. The predicted molar refractivity (Wildman–Crippen MR) is 68.5 cm³/mol. The van der Waals surface area contributed by atoms with Crippen molar-refractivity contribution in [1.29, 1.82) is 0 Å². The van der Waals surface area contributed by atoms with Crippen molar-refractivity contribution in [3.05, 3.63) is 0 Å². The van der Waals surface area contributed by atoms with Gasteiger partial charge in [-0.3, -0.25) is 9.69 Å². The third-order valence-corrected chi connectivity index (χ3v) is 5.03. The molecule has 2 heterocycles. The molecular weight excluding hydrogens is 220 g/mol. The summed E-state index contributed by atoms with van der Waals surface area (Å²) in [7, 11) is 2.16. The minimum Gasteiger partial charge on any atom is -0.306 e. The standard InChI is InChI=1S/C12H22N2OS/c1-11(2,3)14-9-10(15)16-12(14)5-7-13(4)8-6-12/h5-9H2,1-4H3. The second-order valence-electron chi connectivity index (χ2n) is 5.98. The van der Waals surface area contributed by atoms with E-state index in [0.717, 1.165) is 25.9 Å². The largest absolute Gasteiger partial charge is 0.306 e. The Kier molecular flexibility index (Phi) is 3.10. The summed E-state index contributed by atoms with van der Waals surface area (Å²) in [5, 5.41) is 0.347. The zero-order valence-electron chi connectivity index (χ0n) is 10.7. The molecule has 0 atom stereocenters. The first-order chi connectivity index (χ1) is 7.33. The molecule has 0 aromatic heterocycles. The summed E-state index contributed by atoms with van der Waals surface area (Å²) >= 11 is 1.59. The maximum atomic E-state index is 11.8. The number of carbonyl (C=O) groups excluding carboxylic acids is 1. The van der Waals surface area contributed by atoms with Crippen LogP contribution < -0.4 is 0 Å². The second kappa shape index (κ2) is 4.00. The molecular formula is C12H22N2OS. The van der Waals surface area contributed by atoms with Crippen molar-refractivity contribution in [2.45, 2.75) is 44.0 Å². The van der Waals surface area contributed by atoms with Gasteiger partial charge in [0.2, 0.25) is 5.12 Å². The van der Waals surface area contributed by atoms with Gasteiger partial charge >= 0.3 is 0 Å². The highest BCUT2D eigenvalue weighted by molar-refractivity contribution is 8.15. The molecule has 0 aromatic rings. The molecule has 2 saturated heterocycles. The van der Waals surface area contributed by atoms with Crippen LogP contribution in [0.15, 0.2) is 0 Å². The highest BCUT2D eigenvalue weighted by Crippen LogP contribution is 2.47. The van der Waals surface area contributed by atoms with Gasteiger partial charge in [-0.05, 0) is 40.7 Å². The molecule has 0 radical (unpaired) electrons. The maximum absolute atomic E-state index is 11.8. The fourth-order valence-corrected chi connectivity index (χ4v) is 4.21. The van der Waals surface area contributed by atoms with Crippen LogP contribution in [0, 0.1) is 0 Å². The molecule has 0 aliphatic carbocycles. The van der Waals surface area contributed by atoms with Gasteiger partial charge in [-0.2, -0.15) is 0 Å². The zero-order chi connectivity index (χ0) is 12.0. The Morgan fingerprint density at radius 2 is 1.81 bits per heavy atom. The van der Waals surface area contributed by atoms with Crippen LogP contribution in [0.4, 0.5) is 0 Å². The Balaban J connectivity index is 2.21. The molecule has 3 nitrogen and oxygen atoms in total. The van der Waals surface area contributed by atoms with E-state index in [2.05, 4.69) is 37.6 Å². The molecule has 92 valence electrons. The van der Waals surface area contributed by atoms with Crippen molar-refractivity contribution < 1.29 is 4.79 Å². The second-order valence-corrected chi connectivity index (χ2v) is 7.40. The lowest BCUT2D eigenvalue weighted by molar-refractivity contribution is -0.112. The van der Waals surface area contributed by atoms with Crippen molar-refractivity contribution in [3.63, 3.8) is 0 Å². The molecule has 2 aliphatic heterocycles. The van der Waals surface area contributed by atoms with E-state index in [1.54, 1.807) is 11.8 Å². The predicted octanol–water partition coefficient (Wildman–Crippen LogP) is 1.78. The number of carbonyl (C=O) groups is 1. The van der Waals surface area contributed by atoms with E-state index in [1.807, 2.05) is 0 Å². The Morgan fingerprint density at radius 3 is 2.31 bits per heavy atom. The zero-order valence-corrected chi connectivity index (χ0v) is 11.6. The van der Waals surface area contributed by atoms with Gasteiger partial charge in [-0.15, -0.1) is 0 Å². The summed E-state index contributed by atoms with van der Waals surface area (Å²) < 4.78 is 0. The number of likely N-dealkylation sites (tertiary alicyclic amines) is 1. The van der Waals surface area contributed by atoms with Crippen LogP contribution in [-0.4, -0.2) is 52.0 Å². The van der Waals surface area contributed by atoms with E-state index in [1.165, 1.54) is 0 Å². The molecule has 0 unspecified atom stereocenters. The van der Waals surface area contributed by atoms with Gasteiger partial charge in [-0.25, -0.2) is 0 Å². The summed E-state index contributed by atoms with van der Waals surface area (Å²) in [5.74, 6) is 0. The lowest BCUT2D eigenvalue weighted by atomic mass is 9.96. The first-order valence-electron chi connectivity index (χ1n) is 6.02. The third-order valence-electron chi connectivity index (χ3n) is 3.66. The SMILES string of the molecule is CN1CCC2(CC1)SC(=O)CN2C(C)(C)C. The molecule has 1 spiro atoms. The van der Waals surface area contributed by atoms with Crippen LogP contribution in [0.5, 0.6) is 0 Å². The average Bonchev–Trinajstić information content (AvgIpc) is 2.49. The molecule has 2 rings (SSSR count). The molecule has 0 aromatic carbocycles. The van der Waals surface area contributed by atoms with Crippen molar-refractivity contribution in [2.24, 2.45) is 0 Å². The number of nitrogens with zero attached hydrogens (tertiary/aromatic N) is 2. The number of thioether (sulfide) groups is 1. The summed E-state index contributed by atoms with van der Waals surface area (Å²) in [6, 6.07) is 0. The smallest absolute Gasteiger partial charge is 0.204 e. The van der Waals surface area contributed by atoms with Crippen molar-refractivity contribution in [1.82, 2.24) is 9.80 Å². The van der Waals surface area contributed by atoms with Gasteiger partial charge in [0, 0.05) is 18.6 Å². The van der Waals surface area contributed by atoms with E-state index in [0.29, 0.717) is 11.7 Å². The van der Waals surface area contributed by atoms with Gasteiger partial charge < -0.3 is 4.90 Å². The summed E-state index contributed by atoms with van der Waals surface area (Å²) in [5.41, 5.74) is 0.0923. The van der Waals surface area contributed by atoms with Crippen LogP contribution in [0.25, 0.3) is 0 Å². The first kappa shape index (κ1) is 12.4. The normalized spacial score (nSPS) is 27.9. The number of hydrogen-bond acceptors (Lipinski definition) is 4. The van der Waals surface area contributed by atoms with E-state index in [4.69, 9.17) is 0 Å². The number of piperidine rings is 1. The molecule has 0 N–H and O–H groups in total. The lowest BCUT2D eigenvalue weighted by Gasteiger charge is -2.48. The Bertz CT molecular complexity index is 290. The number of rotatable bonds is 0. The average molecular weight is 242 g/mol. The van der Waals surface area contributed by atoms with Gasteiger partial charge in [0.15, 0.2) is 0 Å². The highest BCUT2D eigenvalue weighted by atomic mass is 32.2. The maximum Gasteiger partial charge on any atom is 0.204 e. The van der Waals surface area contributed by atoms with Crippen LogP contribution in [-0.2, 0) is 4.79 Å². The van der Waals surface area contributed by atoms with Gasteiger partial charge in [0.1, 0.15) is 0 Å². The van der Waals surface area contributed by atoms with Crippen LogP contribution in [0.1, 0.15) is 33.6 Å². The molecule has 2 aliphatic rings. The molecule has 0 amide bonds.